The van der Waals surface area contributed by atoms with Crippen LogP contribution in [0, 0.1) is 0 Å². The van der Waals surface area contributed by atoms with E-state index in [1.807, 2.05) is 62.5 Å². The van der Waals surface area contributed by atoms with E-state index in [1.165, 1.54) is 11.3 Å². The Morgan fingerprint density at radius 3 is 2.71 bits per heavy atom. The van der Waals surface area contributed by atoms with Gasteiger partial charge < -0.3 is 15.0 Å². The molecule has 2 heterocycles. The maximum atomic E-state index is 13.0. The number of carbonyl (C=O) groups excluding carboxylic acids is 2. The second kappa shape index (κ2) is 9.24. The van der Waals surface area contributed by atoms with Crippen molar-refractivity contribution in [2.45, 2.75) is 58.2 Å². The van der Waals surface area contributed by atoms with E-state index < -0.39 is 6.04 Å². The second-order valence-corrected chi connectivity index (χ2v) is 8.40. The molecule has 1 aliphatic heterocycles. The molecule has 3 rings (SSSR count). The van der Waals surface area contributed by atoms with E-state index in [0.29, 0.717) is 17.8 Å². The summed E-state index contributed by atoms with van der Waals surface area (Å²) in [6, 6.07) is 10.9. The predicted octanol–water partition coefficient (Wildman–Crippen LogP) is 4.41. The van der Waals surface area contributed by atoms with Gasteiger partial charge in [0, 0.05) is 6.54 Å². The monoisotopic (exact) mass is 400 g/mol. The van der Waals surface area contributed by atoms with Gasteiger partial charge in [0.25, 0.3) is 5.91 Å². The average Bonchev–Trinajstić information content (AvgIpc) is 3.22. The molecule has 1 aromatic heterocycles. The van der Waals surface area contributed by atoms with Crippen LogP contribution in [0.4, 0.5) is 0 Å². The van der Waals surface area contributed by atoms with Gasteiger partial charge in [-0.1, -0.05) is 18.2 Å². The van der Waals surface area contributed by atoms with Crippen LogP contribution in [0.3, 0.4) is 0 Å². The summed E-state index contributed by atoms with van der Waals surface area (Å²) in [6.07, 6.45) is 2.69. The fraction of sp³-hybridized carbons (Fsp3) is 0.455. The van der Waals surface area contributed by atoms with E-state index >= 15 is 0 Å². The lowest BCUT2D eigenvalue weighted by molar-refractivity contribution is -0.127. The Bertz CT molecular complexity index is 804. The Labute approximate surface area is 170 Å². The van der Waals surface area contributed by atoms with Gasteiger partial charge in [-0.25, -0.2) is 0 Å². The molecule has 1 N–H and O–H groups in total. The molecule has 0 aliphatic carbocycles. The number of amides is 2. The van der Waals surface area contributed by atoms with Crippen LogP contribution in [0.5, 0.6) is 5.75 Å². The Hall–Kier alpha value is -2.34. The topological polar surface area (TPSA) is 58.6 Å². The van der Waals surface area contributed by atoms with Crippen molar-refractivity contribution in [3.63, 3.8) is 0 Å². The van der Waals surface area contributed by atoms with Crippen molar-refractivity contribution in [1.82, 2.24) is 10.2 Å². The number of likely N-dealkylation sites (tertiary alicyclic amines) is 1. The highest BCUT2D eigenvalue weighted by molar-refractivity contribution is 7.12. The standard InChI is InChI=1S/C22H28N2O3S/c1-15(2)27-18-9-6-8-17(14-18)16(3)23-21(25)19-10-4-5-12-24(19)22(26)20-11-7-13-28-20/h6-9,11,13-16,19H,4-5,10,12H2,1-3H3,(H,23,25). The normalized spacial score (nSPS) is 18.0. The van der Waals surface area contributed by atoms with E-state index in [-0.39, 0.29) is 24.0 Å². The lowest BCUT2D eigenvalue weighted by Crippen LogP contribution is -2.52. The molecule has 2 atom stereocenters. The number of rotatable bonds is 6. The molecule has 0 radical (unpaired) electrons. The van der Waals surface area contributed by atoms with Crippen LogP contribution in [-0.2, 0) is 4.79 Å². The SMILES string of the molecule is CC(C)Oc1cccc(C(C)NC(=O)C2CCCCN2C(=O)c2cccs2)c1. The van der Waals surface area contributed by atoms with Crippen LogP contribution in [0.2, 0.25) is 0 Å². The van der Waals surface area contributed by atoms with Crippen molar-refractivity contribution in [3.8, 4) is 5.75 Å². The first kappa shape index (κ1) is 20.4. The van der Waals surface area contributed by atoms with E-state index in [9.17, 15) is 9.59 Å². The average molecular weight is 401 g/mol. The summed E-state index contributed by atoms with van der Waals surface area (Å²) in [5, 5.41) is 4.98. The van der Waals surface area contributed by atoms with Crippen LogP contribution in [0.1, 0.15) is 61.3 Å². The summed E-state index contributed by atoms with van der Waals surface area (Å²) < 4.78 is 5.75. The third-order valence-corrected chi connectivity index (χ3v) is 5.74. The third-order valence-electron chi connectivity index (χ3n) is 4.89. The maximum Gasteiger partial charge on any atom is 0.264 e. The van der Waals surface area contributed by atoms with Gasteiger partial charge in [0.05, 0.1) is 17.0 Å². The Morgan fingerprint density at radius 2 is 2.00 bits per heavy atom. The van der Waals surface area contributed by atoms with Crippen molar-refractivity contribution < 1.29 is 14.3 Å². The third kappa shape index (κ3) is 4.93. The van der Waals surface area contributed by atoms with Crippen molar-refractivity contribution in [1.29, 1.82) is 0 Å². The lowest BCUT2D eigenvalue weighted by Gasteiger charge is -2.35. The Balaban J connectivity index is 1.69. The number of nitrogens with one attached hydrogen (secondary N) is 1. The van der Waals surface area contributed by atoms with Gasteiger partial charge in [-0.3, -0.25) is 9.59 Å². The highest BCUT2D eigenvalue weighted by atomic mass is 32.1. The van der Waals surface area contributed by atoms with Crippen LogP contribution in [0.15, 0.2) is 41.8 Å². The molecule has 6 heteroatoms. The zero-order valence-corrected chi connectivity index (χ0v) is 17.5. The molecule has 2 unspecified atom stereocenters. The van der Waals surface area contributed by atoms with Crippen LogP contribution < -0.4 is 10.1 Å². The van der Waals surface area contributed by atoms with Gasteiger partial charge in [0.1, 0.15) is 11.8 Å². The van der Waals surface area contributed by atoms with Gasteiger partial charge in [0.15, 0.2) is 0 Å². The summed E-state index contributed by atoms with van der Waals surface area (Å²) in [4.78, 5) is 28.2. The summed E-state index contributed by atoms with van der Waals surface area (Å²) >= 11 is 1.42. The lowest BCUT2D eigenvalue weighted by atomic mass is 10.00. The number of hydrogen-bond donors (Lipinski definition) is 1. The zero-order chi connectivity index (χ0) is 20.1. The number of hydrogen-bond acceptors (Lipinski definition) is 4. The Morgan fingerprint density at radius 1 is 1.18 bits per heavy atom. The molecule has 1 aliphatic rings. The van der Waals surface area contributed by atoms with Crippen molar-refractivity contribution in [2.75, 3.05) is 6.54 Å². The summed E-state index contributed by atoms with van der Waals surface area (Å²) in [5.41, 5.74) is 0.985. The predicted molar refractivity (Wildman–Crippen MR) is 112 cm³/mol. The second-order valence-electron chi connectivity index (χ2n) is 7.46. The smallest absolute Gasteiger partial charge is 0.264 e. The number of nitrogens with zero attached hydrogens (tertiary/aromatic N) is 1. The summed E-state index contributed by atoms with van der Waals surface area (Å²) in [7, 11) is 0. The molecule has 1 saturated heterocycles. The first-order valence-electron chi connectivity index (χ1n) is 9.87. The molecule has 1 aromatic carbocycles. The van der Waals surface area contributed by atoms with Gasteiger partial charge in [-0.05, 0) is 69.2 Å². The number of ether oxygens (including phenoxy) is 1. The van der Waals surface area contributed by atoms with Crippen molar-refractivity contribution in [2.24, 2.45) is 0 Å². The van der Waals surface area contributed by atoms with E-state index in [4.69, 9.17) is 4.74 Å². The molecular weight excluding hydrogens is 372 g/mol. The highest BCUT2D eigenvalue weighted by Crippen LogP contribution is 2.24. The number of carbonyl (C=O) groups is 2. The summed E-state index contributed by atoms with van der Waals surface area (Å²) in [5.74, 6) is 0.655. The van der Waals surface area contributed by atoms with Gasteiger partial charge in [-0.15, -0.1) is 11.3 Å². The van der Waals surface area contributed by atoms with Crippen LogP contribution in [0.25, 0.3) is 0 Å². The molecule has 0 bridgehead atoms. The van der Waals surface area contributed by atoms with Crippen LogP contribution in [-0.4, -0.2) is 35.4 Å². The van der Waals surface area contributed by atoms with Crippen molar-refractivity contribution >= 4 is 23.2 Å². The van der Waals surface area contributed by atoms with Gasteiger partial charge >= 0.3 is 0 Å². The number of benzene rings is 1. The fourth-order valence-corrected chi connectivity index (χ4v) is 4.19. The number of thiophene rings is 1. The quantitative estimate of drug-likeness (QED) is 0.781. The molecule has 28 heavy (non-hydrogen) atoms. The van der Waals surface area contributed by atoms with Gasteiger partial charge in [0.2, 0.25) is 5.91 Å². The molecule has 5 nitrogen and oxygen atoms in total. The maximum absolute atomic E-state index is 13.0. The summed E-state index contributed by atoms with van der Waals surface area (Å²) in [6.45, 7) is 6.56. The van der Waals surface area contributed by atoms with E-state index in [2.05, 4.69) is 5.32 Å². The van der Waals surface area contributed by atoms with Gasteiger partial charge in [-0.2, -0.15) is 0 Å². The van der Waals surface area contributed by atoms with E-state index in [1.54, 1.807) is 4.90 Å². The largest absolute Gasteiger partial charge is 0.491 e. The highest BCUT2D eigenvalue weighted by Gasteiger charge is 2.33. The van der Waals surface area contributed by atoms with Crippen molar-refractivity contribution in [3.05, 3.63) is 52.2 Å². The zero-order valence-electron chi connectivity index (χ0n) is 16.7. The molecule has 150 valence electrons. The molecule has 0 spiro atoms. The van der Waals surface area contributed by atoms with Crippen LogP contribution >= 0.6 is 11.3 Å². The minimum absolute atomic E-state index is 0.0465. The first-order valence-corrected chi connectivity index (χ1v) is 10.7. The molecule has 1 fully saturated rings. The Kier molecular flexibility index (Phi) is 6.73. The fourth-order valence-electron chi connectivity index (χ4n) is 3.51. The number of piperidine rings is 1. The minimum Gasteiger partial charge on any atom is -0.491 e. The molecular formula is C22H28N2O3S. The first-order chi connectivity index (χ1) is 13.5. The molecule has 2 aromatic rings. The van der Waals surface area contributed by atoms with E-state index in [0.717, 1.165) is 24.2 Å². The molecule has 2 amide bonds. The molecule has 0 saturated carbocycles. The minimum atomic E-state index is -0.416.